The maximum absolute atomic E-state index is 4.80. The summed E-state index contributed by atoms with van der Waals surface area (Å²) in [6.45, 7) is 5.50. The van der Waals surface area contributed by atoms with Gasteiger partial charge < -0.3 is 4.57 Å². The summed E-state index contributed by atoms with van der Waals surface area (Å²) in [5.41, 5.74) is 5.24. The van der Waals surface area contributed by atoms with Crippen LogP contribution in [0.3, 0.4) is 0 Å². The Hall–Kier alpha value is -1.31. The molecule has 1 aliphatic heterocycles. The number of aromatic nitrogens is 2. The van der Waals surface area contributed by atoms with Crippen molar-refractivity contribution in [2.75, 3.05) is 0 Å². The number of nitrogens with zero attached hydrogens (tertiary/aromatic N) is 2. The number of imidazole rings is 1. The Labute approximate surface area is 96.3 Å². The molecule has 16 heavy (non-hydrogen) atoms. The molecule has 0 saturated heterocycles. The first-order valence-corrected chi connectivity index (χ1v) is 6.22. The first-order valence-electron chi connectivity index (χ1n) is 6.22. The van der Waals surface area contributed by atoms with E-state index < -0.39 is 0 Å². The summed E-state index contributed by atoms with van der Waals surface area (Å²) in [6, 6.07) is 4.48. The van der Waals surface area contributed by atoms with Crippen LogP contribution in [-0.4, -0.2) is 9.55 Å². The van der Waals surface area contributed by atoms with Gasteiger partial charge in [0.15, 0.2) is 0 Å². The monoisotopic (exact) mass is 214 g/mol. The van der Waals surface area contributed by atoms with Crippen LogP contribution in [0, 0.1) is 13.8 Å². The highest BCUT2D eigenvalue weighted by Gasteiger charge is 2.14. The largest absolute Gasteiger partial charge is 0.328 e. The number of hydrogen-bond acceptors (Lipinski definition) is 1. The summed E-state index contributed by atoms with van der Waals surface area (Å²) < 4.78 is 2.44. The van der Waals surface area contributed by atoms with E-state index in [0.29, 0.717) is 0 Å². The van der Waals surface area contributed by atoms with Gasteiger partial charge in [0, 0.05) is 13.0 Å². The molecule has 0 N–H and O–H groups in total. The molecule has 0 amide bonds. The van der Waals surface area contributed by atoms with Crippen LogP contribution in [0.1, 0.15) is 36.2 Å². The SMILES string of the molecule is Cc1cc(C)c2c(c1)nc1n2CCCCC1. The molecule has 0 radical (unpaired) electrons. The molecule has 1 aromatic heterocycles. The van der Waals surface area contributed by atoms with Crippen LogP contribution in [-0.2, 0) is 13.0 Å². The molecule has 0 atom stereocenters. The molecular weight excluding hydrogens is 196 g/mol. The molecule has 2 aromatic rings. The second-order valence-electron chi connectivity index (χ2n) is 4.94. The molecule has 0 bridgehead atoms. The predicted molar refractivity (Wildman–Crippen MR) is 66.8 cm³/mol. The highest BCUT2D eigenvalue weighted by Crippen LogP contribution is 2.25. The van der Waals surface area contributed by atoms with E-state index in [2.05, 4.69) is 30.5 Å². The van der Waals surface area contributed by atoms with Crippen LogP contribution in [0.4, 0.5) is 0 Å². The van der Waals surface area contributed by atoms with E-state index in [9.17, 15) is 0 Å². The summed E-state index contributed by atoms with van der Waals surface area (Å²) >= 11 is 0. The molecule has 0 spiro atoms. The third kappa shape index (κ3) is 1.44. The van der Waals surface area contributed by atoms with E-state index in [1.54, 1.807) is 0 Å². The second kappa shape index (κ2) is 3.62. The van der Waals surface area contributed by atoms with Crippen LogP contribution in [0.2, 0.25) is 0 Å². The molecule has 1 aromatic carbocycles. The molecule has 0 aliphatic carbocycles. The highest BCUT2D eigenvalue weighted by molar-refractivity contribution is 5.80. The van der Waals surface area contributed by atoms with Gasteiger partial charge in [0.2, 0.25) is 0 Å². The molecular formula is C14H18N2. The first kappa shape index (κ1) is 9.88. The van der Waals surface area contributed by atoms with Crippen molar-refractivity contribution in [2.45, 2.75) is 46.1 Å². The van der Waals surface area contributed by atoms with Gasteiger partial charge >= 0.3 is 0 Å². The number of fused-ring (bicyclic) bond motifs is 3. The first-order chi connectivity index (χ1) is 7.75. The zero-order chi connectivity index (χ0) is 11.1. The summed E-state index contributed by atoms with van der Waals surface area (Å²) in [7, 11) is 0. The van der Waals surface area contributed by atoms with E-state index in [1.165, 1.54) is 47.2 Å². The van der Waals surface area contributed by atoms with Crippen molar-refractivity contribution < 1.29 is 0 Å². The Kier molecular flexibility index (Phi) is 2.23. The molecule has 0 fully saturated rings. The fourth-order valence-electron chi connectivity index (χ4n) is 2.86. The predicted octanol–water partition coefficient (Wildman–Crippen LogP) is 3.38. The van der Waals surface area contributed by atoms with Gasteiger partial charge in [0.25, 0.3) is 0 Å². The van der Waals surface area contributed by atoms with Gasteiger partial charge in [-0.25, -0.2) is 4.98 Å². The molecule has 3 rings (SSSR count). The minimum Gasteiger partial charge on any atom is -0.328 e. The second-order valence-corrected chi connectivity index (χ2v) is 4.94. The van der Waals surface area contributed by atoms with Gasteiger partial charge in [-0.1, -0.05) is 12.5 Å². The van der Waals surface area contributed by atoms with Gasteiger partial charge in [-0.15, -0.1) is 0 Å². The third-order valence-electron chi connectivity index (χ3n) is 3.54. The van der Waals surface area contributed by atoms with Gasteiger partial charge in [-0.2, -0.15) is 0 Å². The lowest BCUT2D eigenvalue weighted by atomic mass is 10.1. The van der Waals surface area contributed by atoms with Gasteiger partial charge in [-0.05, 0) is 43.9 Å². The number of rotatable bonds is 0. The van der Waals surface area contributed by atoms with E-state index in [-0.39, 0.29) is 0 Å². The van der Waals surface area contributed by atoms with Crippen molar-refractivity contribution in [1.29, 1.82) is 0 Å². The van der Waals surface area contributed by atoms with Gasteiger partial charge in [-0.3, -0.25) is 0 Å². The highest BCUT2D eigenvalue weighted by atomic mass is 15.1. The molecule has 0 unspecified atom stereocenters. The number of aryl methyl sites for hydroxylation is 4. The molecule has 2 heteroatoms. The Balaban J connectivity index is 2.29. The topological polar surface area (TPSA) is 17.8 Å². The van der Waals surface area contributed by atoms with Gasteiger partial charge in [0.05, 0.1) is 11.0 Å². The maximum atomic E-state index is 4.80. The average Bonchev–Trinajstić information content (AvgIpc) is 2.42. The fourth-order valence-corrected chi connectivity index (χ4v) is 2.86. The average molecular weight is 214 g/mol. The van der Waals surface area contributed by atoms with E-state index in [4.69, 9.17) is 4.98 Å². The minimum absolute atomic E-state index is 1.15. The van der Waals surface area contributed by atoms with Crippen molar-refractivity contribution in [1.82, 2.24) is 9.55 Å². The Morgan fingerprint density at radius 2 is 2.00 bits per heavy atom. The van der Waals surface area contributed by atoms with E-state index >= 15 is 0 Å². The zero-order valence-electron chi connectivity index (χ0n) is 10.1. The van der Waals surface area contributed by atoms with Gasteiger partial charge in [0.1, 0.15) is 5.82 Å². The zero-order valence-corrected chi connectivity index (χ0v) is 10.1. The third-order valence-corrected chi connectivity index (χ3v) is 3.54. The minimum atomic E-state index is 1.15. The lowest BCUT2D eigenvalue weighted by Crippen LogP contribution is -2.01. The number of hydrogen-bond donors (Lipinski definition) is 0. The quantitative estimate of drug-likeness (QED) is 0.657. The van der Waals surface area contributed by atoms with Crippen molar-refractivity contribution >= 4 is 11.0 Å². The summed E-state index contributed by atoms with van der Waals surface area (Å²) in [4.78, 5) is 4.80. The summed E-state index contributed by atoms with van der Waals surface area (Å²) in [5.74, 6) is 1.29. The van der Waals surface area contributed by atoms with Crippen molar-refractivity contribution in [2.24, 2.45) is 0 Å². The van der Waals surface area contributed by atoms with E-state index in [0.717, 1.165) is 13.0 Å². The van der Waals surface area contributed by atoms with E-state index in [1.807, 2.05) is 0 Å². The molecule has 1 aliphatic rings. The lowest BCUT2D eigenvalue weighted by Gasteiger charge is -2.06. The molecule has 0 saturated carbocycles. The van der Waals surface area contributed by atoms with Crippen LogP contribution < -0.4 is 0 Å². The summed E-state index contributed by atoms with van der Waals surface area (Å²) in [5, 5.41) is 0. The Morgan fingerprint density at radius 1 is 1.12 bits per heavy atom. The smallest absolute Gasteiger partial charge is 0.109 e. The van der Waals surface area contributed by atoms with Crippen LogP contribution in [0.25, 0.3) is 11.0 Å². The number of benzene rings is 1. The molecule has 84 valence electrons. The van der Waals surface area contributed by atoms with Crippen LogP contribution in [0.5, 0.6) is 0 Å². The fraction of sp³-hybridized carbons (Fsp3) is 0.500. The molecule has 2 heterocycles. The van der Waals surface area contributed by atoms with Crippen LogP contribution in [0.15, 0.2) is 12.1 Å². The summed E-state index contributed by atoms with van der Waals surface area (Å²) in [6.07, 6.45) is 5.08. The Morgan fingerprint density at radius 3 is 2.88 bits per heavy atom. The van der Waals surface area contributed by atoms with Crippen molar-refractivity contribution in [3.05, 3.63) is 29.1 Å². The van der Waals surface area contributed by atoms with Crippen molar-refractivity contribution in [3.63, 3.8) is 0 Å². The van der Waals surface area contributed by atoms with Crippen LogP contribution >= 0.6 is 0 Å². The molecule has 2 nitrogen and oxygen atoms in total. The van der Waals surface area contributed by atoms with Crippen molar-refractivity contribution in [3.8, 4) is 0 Å². The standard InChI is InChI=1S/C14H18N2/c1-10-8-11(2)14-12(9-10)15-13-6-4-3-5-7-16(13)14/h8-9H,3-7H2,1-2H3. The Bertz CT molecular complexity index is 537. The maximum Gasteiger partial charge on any atom is 0.109 e. The normalized spacial score (nSPS) is 16.1. The lowest BCUT2D eigenvalue weighted by molar-refractivity contribution is 0.646.